The molecule has 18 heavy (non-hydrogen) atoms. The zero-order valence-electron chi connectivity index (χ0n) is 9.99. The van der Waals surface area contributed by atoms with Gasteiger partial charge in [-0.2, -0.15) is 5.10 Å². The van der Waals surface area contributed by atoms with Crippen LogP contribution in [0.5, 0.6) is 0 Å². The zero-order valence-corrected chi connectivity index (χ0v) is 10.8. The highest BCUT2D eigenvalue weighted by Crippen LogP contribution is 2.35. The smallest absolute Gasteiger partial charge is 0.324 e. The molecular weight excluding hydrogens is 258 g/mol. The van der Waals surface area contributed by atoms with E-state index in [1.807, 2.05) is 0 Å². The first-order valence-electron chi connectivity index (χ1n) is 4.94. The molecule has 2 N–H and O–H groups in total. The Hall–Kier alpha value is -2.10. The average molecular weight is 269 g/mol. The molecule has 0 unspecified atom stereocenters. The van der Waals surface area contributed by atoms with E-state index in [1.54, 1.807) is 20.9 Å². The van der Waals surface area contributed by atoms with Crippen LogP contribution in [-0.2, 0) is 7.05 Å². The van der Waals surface area contributed by atoms with Crippen LogP contribution in [0.2, 0.25) is 0 Å². The largest absolute Gasteiger partial charge is 0.336 e. The van der Waals surface area contributed by atoms with Crippen molar-refractivity contribution in [1.29, 1.82) is 0 Å². The van der Waals surface area contributed by atoms with Gasteiger partial charge in [0, 0.05) is 7.05 Å². The third kappa shape index (κ3) is 1.90. The molecule has 0 saturated heterocycles. The van der Waals surface area contributed by atoms with Crippen molar-refractivity contribution in [2.45, 2.75) is 24.0 Å². The summed E-state index contributed by atoms with van der Waals surface area (Å²) in [5.41, 5.74) is 0.313. The number of hydrogen-bond donors (Lipinski definition) is 1. The summed E-state index contributed by atoms with van der Waals surface area (Å²) in [6.07, 6.45) is 0. The fraction of sp³-hybridized carbons (Fsp3) is 0.375. The summed E-state index contributed by atoms with van der Waals surface area (Å²) in [7, 11) is 1.63. The van der Waals surface area contributed by atoms with E-state index in [1.165, 1.54) is 9.36 Å². The number of aryl methyl sites for hydroxylation is 3. The first-order valence-corrected chi connectivity index (χ1v) is 5.76. The van der Waals surface area contributed by atoms with E-state index in [4.69, 9.17) is 5.84 Å². The highest BCUT2D eigenvalue weighted by molar-refractivity contribution is 7.99. The molecule has 0 spiro atoms. The van der Waals surface area contributed by atoms with Crippen LogP contribution in [0.4, 0.5) is 5.69 Å². The van der Waals surface area contributed by atoms with Crippen LogP contribution in [-0.4, -0.2) is 29.6 Å². The van der Waals surface area contributed by atoms with E-state index in [2.05, 4.69) is 15.3 Å². The number of nitrogen functional groups attached to an aromatic ring is 1. The molecule has 0 amide bonds. The van der Waals surface area contributed by atoms with Gasteiger partial charge in [0.05, 0.1) is 4.92 Å². The Morgan fingerprint density at radius 2 is 2.06 bits per heavy atom. The summed E-state index contributed by atoms with van der Waals surface area (Å²) in [5.74, 6) is 6.23. The van der Waals surface area contributed by atoms with Crippen molar-refractivity contribution in [3.05, 3.63) is 21.6 Å². The van der Waals surface area contributed by atoms with Crippen molar-refractivity contribution in [2.75, 3.05) is 5.84 Å². The fourth-order valence-electron chi connectivity index (χ4n) is 1.46. The Bertz CT molecular complexity index is 617. The van der Waals surface area contributed by atoms with Crippen molar-refractivity contribution >= 4 is 17.4 Å². The van der Waals surface area contributed by atoms with Crippen LogP contribution in [0.25, 0.3) is 0 Å². The minimum Gasteiger partial charge on any atom is -0.336 e. The molecule has 2 aromatic heterocycles. The maximum atomic E-state index is 11.0. The summed E-state index contributed by atoms with van der Waals surface area (Å²) >= 11 is 1.06. The van der Waals surface area contributed by atoms with Gasteiger partial charge in [0.1, 0.15) is 11.5 Å². The van der Waals surface area contributed by atoms with Gasteiger partial charge in [-0.1, -0.05) is 0 Å². The Labute approximate surface area is 106 Å². The molecular formula is C8H11N7O2S. The number of aromatic nitrogens is 5. The Morgan fingerprint density at radius 1 is 1.39 bits per heavy atom. The van der Waals surface area contributed by atoms with E-state index in [-0.39, 0.29) is 5.69 Å². The van der Waals surface area contributed by atoms with Gasteiger partial charge in [-0.15, -0.1) is 10.2 Å². The second-order valence-electron chi connectivity index (χ2n) is 3.62. The maximum Gasteiger partial charge on any atom is 0.324 e. The summed E-state index contributed by atoms with van der Waals surface area (Å²) in [6, 6.07) is 0. The lowest BCUT2D eigenvalue weighted by Crippen LogP contribution is -2.11. The topological polar surface area (TPSA) is 118 Å². The Kier molecular flexibility index (Phi) is 2.95. The van der Waals surface area contributed by atoms with Crippen molar-refractivity contribution in [2.24, 2.45) is 7.05 Å². The van der Waals surface area contributed by atoms with Crippen molar-refractivity contribution in [3.63, 3.8) is 0 Å². The van der Waals surface area contributed by atoms with Gasteiger partial charge in [0.15, 0.2) is 5.03 Å². The molecule has 2 rings (SSSR count). The van der Waals surface area contributed by atoms with Crippen molar-refractivity contribution in [3.8, 4) is 0 Å². The van der Waals surface area contributed by atoms with Crippen molar-refractivity contribution in [1.82, 2.24) is 24.7 Å². The zero-order chi connectivity index (χ0) is 13.4. The molecule has 0 fully saturated rings. The number of nitrogens with two attached hydrogens (primary N) is 1. The maximum absolute atomic E-state index is 11.0. The highest BCUT2D eigenvalue weighted by atomic mass is 32.2. The van der Waals surface area contributed by atoms with Gasteiger partial charge in [0.25, 0.3) is 0 Å². The summed E-state index contributed by atoms with van der Waals surface area (Å²) < 4.78 is 2.71. The van der Waals surface area contributed by atoms with Gasteiger partial charge in [-0.3, -0.25) is 14.8 Å². The van der Waals surface area contributed by atoms with Gasteiger partial charge in [0.2, 0.25) is 5.16 Å². The quantitative estimate of drug-likeness (QED) is 0.486. The van der Waals surface area contributed by atoms with Gasteiger partial charge < -0.3 is 5.84 Å². The molecule has 0 atom stereocenters. The Balaban J connectivity index is 2.46. The second-order valence-corrected chi connectivity index (χ2v) is 4.58. The lowest BCUT2D eigenvalue weighted by atomic mass is 10.4. The third-order valence-electron chi connectivity index (χ3n) is 2.34. The minimum atomic E-state index is -0.464. The lowest BCUT2D eigenvalue weighted by Gasteiger charge is -2.01. The number of nitro groups is 1. The third-order valence-corrected chi connectivity index (χ3v) is 3.46. The number of hydrogen-bond acceptors (Lipinski definition) is 7. The summed E-state index contributed by atoms with van der Waals surface area (Å²) in [5, 5.41) is 23.4. The molecule has 0 aliphatic carbocycles. The van der Waals surface area contributed by atoms with E-state index >= 15 is 0 Å². The normalized spacial score (nSPS) is 10.8. The first-order chi connectivity index (χ1) is 8.41. The molecule has 2 aromatic rings. The number of nitrogens with zero attached hydrogens (tertiary/aromatic N) is 6. The highest BCUT2D eigenvalue weighted by Gasteiger charge is 2.26. The SMILES string of the molecule is Cc1nn(C)c(Sc2nnc(C)n2N)c1[N+](=O)[O-]. The summed E-state index contributed by atoms with van der Waals surface area (Å²) in [6.45, 7) is 3.28. The van der Waals surface area contributed by atoms with Crippen LogP contribution in [0.3, 0.4) is 0 Å². The van der Waals surface area contributed by atoms with Gasteiger partial charge in [-0.25, -0.2) is 4.68 Å². The first kappa shape index (κ1) is 12.4. The van der Waals surface area contributed by atoms with E-state index in [9.17, 15) is 10.1 Å². The molecule has 0 aromatic carbocycles. The summed E-state index contributed by atoms with van der Waals surface area (Å²) in [4.78, 5) is 10.5. The predicted octanol–water partition coefficient (Wildman–Crippen LogP) is 0.402. The van der Waals surface area contributed by atoms with Crippen LogP contribution in [0.1, 0.15) is 11.5 Å². The monoisotopic (exact) mass is 269 g/mol. The van der Waals surface area contributed by atoms with Gasteiger partial charge >= 0.3 is 5.69 Å². The van der Waals surface area contributed by atoms with Gasteiger partial charge in [-0.05, 0) is 25.6 Å². The van der Waals surface area contributed by atoms with Crippen LogP contribution >= 0.6 is 11.8 Å². The molecule has 2 heterocycles. The molecule has 0 radical (unpaired) electrons. The molecule has 10 heteroatoms. The minimum absolute atomic E-state index is 0.0387. The molecule has 0 saturated carbocycles. The van der Waals surface area contributed by atoms with Crippen molar-refractivity contribution < 1.29 is 4.92 Å². The molecule has 0 aliphatic heterocycles. The molecule has 0 bridgehead atoms. The van der Waals surface area contributed by atoms with Crippen LogP contribution in [0.15, 0.2) is 10.2 Å². The molecule has 9 nitrogen and oxygen atoms in total. The lowest BCUT2D eigenvalue weighted by molar-refractivity contribution is -0.388. The molecule has 96 valence electrons. The van der Waals surface area contributed by atoms with Crippen LogP contribution in [0, 0.1) is 24.0 Å². The number of rotatable bonds is 3. The van der Waals surface area contributed by atoms with Crippen LogP contribution < -0.4 is 5.84 Å². The Morgan fingerprint density at radius 3 is 2.56 bits per heavy atom. The molecule has 0 aliphatic rings. The van der Waals surface area contributed by atoms with E-state index in [0.29, 0.717) is 21.7 Å². The predicted molar refractivity (Wildman–Crippen MR) is 63.6 cm³/mol. The van der Waals surface area contributed by atoms with E-state index in [0.717, 1.165) is 11.8 Å². The second kappa shape index (κ2) is 4.29. The standard InChI is InChI=1S/C8H11N7O2S/c1-4-6(15(16)17)7(13(3)12-4)18-8-11-10-5(2)14(8)9/h9H2,1-3H3. The fourth-order valence-corrected chi connectivity index (χ4v) is 2.43. The van der Waals surface area contributed by atoms with E-state index < -0.39 is 4.92 Å². The average Bonchev–Trinajstić information content (AvgIpc) is 2.73.